The number of pyridine rings is 1. The van der Waals surface area contributed by atoms with Gasteiger partial charge in [-0.2, -0.15) is 0 Å². The molecule has 0 bridgehead atoms. The molecule has 0 radical (unpaired) electrons. The number of aryl methyl sites for hydroxylation is 1. The van der Waals surface area contributed by atoms with Crippen LogP contribution in [0.1, 0.15) is 67.7 Å². The van der Waals surface area contributed by atoms with Crippen molar-refractivity contribution in [2.24, 2.45) is 0 Å². The number of hydrogen-bond donors (Lipinski definition) is 1. The number of aromatic nitrogens is 2. The average molecular weight is 448 g/mol. The Hall–Kier alpha value is -2.37. The van der Waals surface area contributed by atoms with E-state index in [1.54, 1.807) is 0 Å². The number of rotatable bonds is 5. The number of nitrogens with one attached hydrogen (secondary N) is 1. The lowest BCUT2D eigenvalue weighted by Gasteiger charge is -2.41. The Kier molecular flexibility index (Phi) is 5.96. The minimum absolute atomic E-state index is 0.114. The SMILES string of the molecule is CCn1cc(-c2[nH]c3ccc(C4CCN(C5COC5)CC4)cc3c2C(C)C)c(C)c(C)c1=O. The van der Waals surface area contributed by atoms with Crippen LogP contribution in [0, 0.1) is 13.8 Å². The third kappa shape index (κ3) is 3.85. The van der Waals surface area contributed by atoms with E-state index in [1.807, 2.05) is 24.6 Å². The van der Waals surface area contributed by atoms with E-state index < -0.39 is 0 Å². The molecule has 2 aromatic heterocycles. The molecular weight excluding hydrogens is 410 g/mol. The molecule has 33 heavy (non-hydrogen) atoms. The van der Waals surface area contributed by atoms with Crippen molar-refractivity contribution in [2.75, 3.05) is 26.3 Å². The highest BCUT2D eigenvalue weighted by atomic mass is 16.5. The van der Waals surface area contributed by atoms with Gasteiger partial charge in [0.05, 0.1) is 24.9 Å². The van der Waals surface area contributed by atoms with E-state index in [-0.39, 0.29) is 5.56 Å². The van der Waals surface area contributed by atoms with E-state index in [4.69, 9.17) is 4.74 Å². The Balaban J connectivity index is 1.54. The first-order valence-corrected chi connectivity index (χ1v) is 12.6. The minimum atomic E-state index is 0.114. The van der Waals surface area contributed by atoms with E-state index in [2.05, 4.69) is 48.9 Å². The predicted octanol–water partition coefficient (Wildman–Crippen LogP) is 5.33. The summed E-state index contributed by atoms with van der Waals surface area (Å²) in [6, 6.07) is 7.68. The maximum Gasteiger partial charge on any atom is 0.253 e. The van der Waals surface area contributed by atoms with Crippen LogP contribution in [-0.2, 0) is 11.3 Å². The van der Waals surface area contributed by atoms with E-state index >= 15 is 0 Å². The molecule has 0 saturated carbocycles. The van der Waals surface area contributed by atoms with Crippen molar-refractivity contribution in [3.05, 3.63) is 57.0 Å². The zero-order valence-corrected chi connectivity index (χ0v) is 20.7. The summed E-state index contributed by atoms with van der Waals surface area (Å²) < 4.78 is 7.23. The third-order valence-corrected chi connectivity index (χ3v) is 8.02. The van der Waals surface area contributed by atoms with Crippen LogP contribution >= 0.6 is 0 Å². The van der Waals surface area contributed by atoms with Crippen molar-refractivity contribution >= 4 is 10.9 Å². The molecule has 0 atom stereocenters. The predicted molar refractivity (Wildman–Crippen MR) is 135 cm³/mol. The van der Waals surface area contributed by atoms with Gasteiger partial charge in [0, 0.05) is 34.8 Å². The lowest BCUT2D eigenvalue weighted by Crippen LogP contribution is -2.51. The second-order valence-corrected chi connectivity index (χ2v) is 10.3. The standard InChI is InChI=1S/C28H37N3O2/c1-6-30-14-24(18(4)19(5)28(30)32)27-26(17(2)3)23-13-21(7-8-25(23)29-27)20-9-11-31(12-10-20)22-15-33-16-22/h7-8,13-14,17,20,22,29H,6,9-12,15-16H2,1-5H3. The Bertz CT molecular complexity index is 1220. The van der Waals surface area contributed by atoms with Crippen LogP contribution in [0.25, 0.3) is 22.2 Å². The maximum atomic E-state index is 12.6. The molecule has 3 aromatic rings. The molecule has 5 nitrogen and oxygen atoms in total. The van der Waals surface area contributed by atoms with Gasteiger partial charge in [0.1, 0.15) is 0 Å². The van der Waals surface area contributed by atoms with Crippen LogP contribution in [0.3, 0.4) is 0 Å². The Morgan fingerprint density at radius 2 is 1.85 bits per heavy atom. The lowest BCUT2D eigenvalue weighted by atomic mass is 9.87. The number of aromatic amines is 1. The fourth-order valence-corrected chi connectivity index (χ4v) is 5.70. The topological polar surface area (TPSA) is 50.3 Å². The van der Waals surface area contributed by atoms with Crippen LogP contribution in [0.15, 0.2) is 29.2 Å². The van der Waals surface area contributed by atoms with Crippen molar-refractivity contribution in [1.82, 2.24) is 14.5 Å². The normalized spacial score (nSPS) is 18.4. The monoisotopic (exact) mass is 447 g/mol. The van der Waals surface area contributed by atoms with E-state index in [0.29, 0.717) is 24.4 Å². The second-order valence-electron chi connectivity index (χ2n) is 10.3. The molecule has 0 unspecified atom stereocenters. The van der Waals surface area contributed by atoms with Crippen molar-refractivity contribution < 1.29 is 4.74 Å². The third-order valence-electron chi connectivity index (χ3n) is 8.02. The molecule has 2 aliphatic heterocycles. The zero-order valence-electron chi connectivity index (χ0n) is 20.7. The average Bonchev–Trinajstić information content (AvgIpc) is 3.16. The zero-order chi connectivity index (χ0) is 23.3. The first-order chi connectivity index (χ1) is 15.9. The first kappa shape index (κ1) is 22.4. The summed E-state index contributed by atoms with van der Waals surface area (Å²) in [7, 11) is 0. The van der Waals surface area contributed by atoms with Gasteiger partial charge >= 0.3 is 0 Å². The number of H-pyrrole nitrogens is 1. The Labute approximate surface area is 196 Å². The van der Waals surface area contributed by atoms with Gasteiger partial charge in [-0.15, -0.1) is 0 Å². The van der Waals surface area contributed by atoms with Crippen LogP contribution in [0.4, 0.5) is 0 Å². The molecule has 5 rings (SSSR count). The van der Waals surface area contributed by atoms with Gasteiger partial charge in [0.25, 0.3) is 5.56 Å². The molecule has 2 fully saturated rings. The molecular formula is C28H37N3O2. The van der Waals surface area contributed by atoms with Crippen molar-refractivity contribution in [2.45, 2.75) is 71.9 Å². The molecule has 2 saturated heterocycles. The molecule has 0 spiro atoms. The van der Waals surface area contributed by atoms with Crippen LogP contribution in [0.5, 0.6) is 0 Å². The summed E-state index contributed by atoms with van der Waals surface area (Å²) in [4.78, 5) is 19.0. The molecule has 0 amide bonds. The summed E-state index contributed by atoms with van der Waals surface area (Å²) in [5.41, 5.74) is 8.35. The summed E-state index contributed by atoms with van der Waals surface area (Å²) in [6.45, 7) is 15.4. The number of likely N-dealkylation sites (tertiary alicyclic amines) is 1. The van der Waals surface area contributed by atoms with Gasteiger partial charge in [-0.1, -0.05) is 19.9 Å². The second kappa shape index (κ2) is 8.77. The summed E-state index contributed by atoms with van der Waals surface area (Å²) in [6.07, 6.45) is 4.48. The number of fused-ring (bicyclic) bond motifs is 1. The lowest BCUT2D eigenvalue weighted by molar-refractivity contribution is -0.0712. The number of piperidine rings is 1. The van der Waals surface area contributed by atoms with E-state index in [1.165, 1.54) is 53.7 Å². The van der Waals surface area contributed by atoms with Crippen molar-refractivity contribution in [1.29, 1.82) is 0 Å². The molecule has 0 aliphatic carbocycles. The summed E-state index contributed by atoms with van der Waals surface area (Å²) in [5, 5.41) is 1.33. The van der Waals surface area contributed by atoms with E-state index in [0.717, 1.165) is 29.9 Å². The van der Waals surface area contributed by atoms with Gasteiger partial charge in [-0.3, -0.25) is 9.69 Å². The molecule has 1 aromatic carbocycles. The highest BCUT2D eigenvalue weighted by molar-refractivity contribution is 5.92. The number of nitrogens with zero attached hydrogens (tertiary/aromatic N) is 2. The molecule has 4 heterocycles. The quantitative estimate of drug-likeness (QED) is 0.575. The Morgan fingerprint density at radius 1 is 1.12 bits per heavy atom. The van der Waals surface area contributed by atoms with Gasteiger partial charge in [-0.25, -0.2) is 0 Å². The molecule has 2 aliphatic rings. The van der Waals surface area contributed by atoms with Crippen LogP contribution < -0.4 is 5.56 Å². The minimum Gasteiger partial charge on any atom is -0.378 e. The van der Waals surface area contributed by atoms with Crippen molar-refractivity contribution in [3.8, 4) is 11.3 Å². The maximum absolute atomic E-state index is 12.6. The number of benzene rings is 1. The first-order valence-electron chi connectivity index (χ1n) is 12.6. The smallest absolute Gasteiger partial charge is 0.253 e. The summed E-state index contributed by atoms with van der Waals surface area (Å²) >= 11 is 0. The van der Waals surface area contributed by atoms with Gasteiger partial charge in [-0.05, 0) is 87.4 Å². The number of ether oxygens (including phenoxy) is 1. The Morgan fingerprint density at radius 3 is 2.45 bits per heavy atom. The van der Waals surface area contributed by atoms with E-state index in [9.17, 15) is 4.79 Å². The largest absolute Gasteiger partial charge is 0.378 e. The van der Waals surface area contributed by atoms with Crippen LogP contribution in [-0.4, -0.2) is 46.8 Å². The fourth-order valence-electron chi connectivity index (χ4n) is 5.70. The van der Waals surface area contributed by atoms with Gasteiger partial charge < -0.3 is 14.3 Å². The van der Waals surface area contributed by atoms with Crippen molar-refractivity contribution in [3.63, 3.8) is 0 Å². The summed E-state index contributed by atoms with van der Waals surface area (Å²) in [5.74, 6) is 1.00. The number of hydrogen-bond acceptors (Lipinski definition) is 3. The van der Waals surface area contributed by atoms with Crippen LogP contribution in [0.2, 0.25) is 0 Å². The highest BCUT2D eigenvalue weighted by Gasteiger charge is 2.30. The molecule has 1 N–H and O–H groups in total. The van der Waals surface area contributed by atoms with Gasteiger partial charge in [0.2, 0.25) is 0 Å². The van der Waals surface area contributed by atoms with Gasteiger partial charge in [0.15, 0.2) is 0 Å². The fraction of sp³-hybridized carbons (Fsp3) is 0.536. The molecule has 5 heteroatoms. The molecule has 176 valence electrons. The highest BCUT2D eigenvalue weighted by Crippen LogP contribution is 2.39.